The van der Waals surface area contributed by atoms with Crippen molar-refractivity contribution in [3.63, 3.8) is 0 Å². The van der Waals surface area contributed by atoms with Gasteiger partial charge in [0, 0.05) is 6.54 Å². The molecule has 0 bridgehead atoms. The van der Waals surface area contributed by atoms with Crippen LogP contribution in [0.3, 0.4) is 0 Å². The minimum atomic E-state index is -0.391. The maximum absolute atomic E-state index is 12.5. The number of likely N-dealkylation sites (N-methyl/N-ethyl adjacent to an activating group) is 1. The topological polar surface area (TPSA) is 46.6 Å². The number of carbonyl (C=O) groups is 2. The van der Waals surface area contributed by atoms with Crippen LogP contribution in [0.5, 0.6) is 0 Å². The largest absolute Gasteiger partial charge is 0.468 e. The van der Waals surface area contributed by atoms with E-state index >= 15 is 0 Å². The van der Waals surface area contributed by atoms with Gasteiger partial charge in [0.25, 0.3) is 0 Å². The number of amides is 1. The Balaban J connectivity index is 2.85. The number of benzene rings is 1. The Labute approximate surface area is 114 Å². The summed E-state index contributed by atoms with van der Waals surface area (Å²) in [4.78, 5) is 25.3. The van der Waals surface area contributed by atoms with E-state index in [0.717, 1.165) is 5.56 Å². The molecular weight excluding hydrogens is 242 g/mol. The maximum Gasteiger partial charge on any atom is 0.325 e. The molecule has 0 aliphatic heterocycles. The molecule has 1 unspecified atom stereocenters. The quantitative estimate of drug-likeness (QED) is 0.739. The molecule has 19 heavy (non-hydrogen) atoms. The van der Waals surface area contributed by atoms with Crippen molar-refractivity contribution in [2.45, 2.75) is 26.2 Å². The van der Waals surface area contributed by atoms with Crippen LogP contribution < -0.4 is 0 Å². The number of hydrogen-bond donors (Lipinski definition) is 0. The fourth-order valence-electron chi connectivity index (χ4n) is 2.02. The van der Waals surface area contributed by atoms with Gasteiger partial charge >= 0.3 is 5.97 Å². The molecule has 1 amide bonds. The van der Waals surface area contributed by atoms with Gasteiger partial charge in [-0.1, -0.05) is 37.3 Å². The average Bonchev–Trinajstić information content (AvgIpc) is 2.46. The molecule has 0 radical (unpaired) electrons. The van der Waals surface area contributed by atoms with Crippen molar-refractivity contribution in [2.24, 2.45) is 0 Å². The van der Waals surface area contributed by atoms with E-state index in [-0.39, 0.29) is 18.4 Å². The summed E-state index contributed by atoms with van der Waals surface area (Å²) in [6, 6.07) is 9.65. The highest BCUT2D eigenvalue weighted by Crippen LogP contribution is 2.21. The molecule has 0 N–H and O–H groups in total. The first-order valence-electron chi connectivity index (χ1n) is 6.54. The number of methoxy groups -OCH3 is 1. The molecular formula is C15H21NO3. The molecule has 1 aromatic carbocycles. The van der Waals surface area contributed by atoms with Gasteiger partial charge in [0.05, 0.1) is 13.0 Å². The van der Waals surface area contributed by atoms with Gasteiger partial charge in [-0.2, -0.15) is 0 Å². The Morgan fingerprint density at radius 1 is 1.21 bits per heavy atom. The molecule has 0 aliphatic rings. The van der Waals surface area contributed by atoms with Gasteiger partial charge in [0.15, 0.2) is 0 Å². The zero-order chi connectivity index (χ0) is 14.3. The standard InChI is InChI=1S/C15H21NO3/c1-4-13(12-9-7-6-8-10-12)15(18)16(5-2)11-14(17)19-3/h6-10,13H,4-5,11H2,1-3H3. The molecule has 0 saturated carbocycles. The summed E-state index contributed by atoms with van der Waals surface area (Å²) in [7, 11) is 1.33. The van der Waals surface area contributed by atoms with Crippen LogP contribution in [0.25, 0.3) is 0 Å². The third-order valence-corrected chi connectivity index (χ3v) is 3.15. The van der Waals surface area contributed by atoms with Crippen molar-refractivity contribution in [1.29, 1.82) is 0 Å². The molecule has 1 atom stereocenters. The second kappa shape index (κ2) is 7.56. The Morgan fingerprint density at radius 3 is 2.32 bits per heavy atom. The van der Waals surface area contributed by atoms with E-state index in [0.29, 0.717) is 13.0 Å². The van der Waals surface area contributed by atoms with Crippen molar-refractivity contribution >= 4 is 11.9 Å². The Morgan fingerprint density at radius 2 is 1.84 bits per heavy atom. The fourth-order valence-corrected chi connectivity index (χ4v) is 2.02. The lowest BCUT2D eigenvalue weighted by atomic mass is 9.95. The van der Waals surface area contributed by atoms with Crippen LogP contribution >= 0.6 is 0 Å². The summed E-state index contributed by atoms with van der Waals surface area (Å²) in [6.07, 6.45) is 0.709. The molecule has 4 nitrogen and oxygen atoms in total. The number of ether oxygens (including phenoxy) is 1. The zero-order valence-corrected chi connectivity index (χ0v) is 11.8. The molecule has 0 saturated heterocycles. The smallest absolute Gasteiger partial charge is 0.325 e. The molecule has 0 aliphatic carbocycles. The molecule has 0 aromatic heterocycles. The number of nitrogens with zero attached hydrogens (tertiary/aromatic N) is 1. The molecule has 0 spiro atoms. The predicted molar refractivity (Wildman–Crippen MR) is 73.7 cm³/mol. The normalized spacial score (nSPS) is 11.7. The van der Waals surface area contributed by atoms with Crippen molar-refractivity contribution in [3.8, 4) is 0 Å². The van der Waals surface area contributed by atoms with E-state index in [1.807, 2.05) is 44.2 Å². The van der Waals surface area contributed by atoms with E-state index in [9.17, 15) is 9.59 Å². The van der Waals surface area contributed by atoms with Crippen molar-refractivity contribution < 1.29 is 14.3 Å². The van der Waals surface area contributed by atoms with Crippen LogP contribution in [0.15, 0.2) is 30.3 Å². The SMILES string of the molecule is CCC(C(=O)N(CC)CC(=O)OC)c1ccccc1. The third-order valence-electron chi connectivity index (χ3n) is 3.15. The molecule has 1 aromatic rings. The van der Waals surface area contributed by atoms with Gasteiger partial charge in [-0.05, 0) is 18.9 Å². The van der Waals surface area contributed by atoms with Crippen LogP contribution in [0.4, 0.5) is 0 Å². The lowest BCUT2D eigenvalue weighted by Gasteiger charge is -2.25. The highest BCUT2D eigenvalue weighted by molar-refractivity contribution is 5.87. The van der Waals surface area contributed by atoms with E-state index in [1.54, 1.807) is 0 Å². The second-order valence-electron chi connectivity index (χ2n) is 4.30. The van der Waals surface area contributed by atoms with Gasteiger partial charge in [-0.3, -0.25) is 9.59 Å². The molecule has 104 valence electrons. The van der Waals surface area contributed by atoms with Crippen LogP contribution in [0.1, 0.15) is 31.7 Å². The minimum Gasteiger partial charge on any atom is -0.468 e. The predicted octanol–water partition coefficient (Wildman–Crippen LogP) is 2.20. The highest BCUT2D eigenvalue weighted by Gasteiger charge is 2.24. The Hall–Kier alpha value is -1.84. The first-order chi connectivity index (χ1) is 9.13. The molecule has 1 rings (SSSR count). The summed E-state index contributed by atoms with van der Waals surface area (Å²) < 4.78 is 4.62. The van der Waals surface area contributed by atoms with E-state index in [4.69, 9.17) is 0 Å². The zero-order valence-electron chi connectivity index (χ0n) is 11.8. The third kappa shape index (κ3) is 4.09. The van der Waals surface area contributed by atoms with Gasteiger partial charge < -0.3 is 9.64 Å². The summed E-state index contributed by atoms with van der Waals surface area (Å²) in [5.41, 5.74) is 0.985. The second-order valence-corrected chi connectivity index (χ2v) is 4.30. The van der Waals surface area contributed by atoms with E-state index in [2.05, 4.69) is 4.74 Å². The molecule has 0 fully saturated rings. The minimum absolute atomic E-state index is 0.00909. The van der Waals surface area contributed by atoms with Crippen molar-refractivity contribution in [1.82, 2.24) is 4.90 Å². The lowest BCUT2D eigenvalue weighted by molar-refractivity contribution is -0.147. The number of carbonyl (C=O) groups excluding carboxylic acids is 2. The first-order valence-corrected chi connectivity index (χ1v) is 6.54. The van der Waals surface area contributed by atoms with Gasteiger partial charge in [0.2, 0.25) is 5.91 Å². The molecule has 4 heteroatoms. The van der Waals surface area contributed by atoms with Gasteiger partial charge in [0.1, 0.15) is 6.54 Å². The monoisotopic (exact) mass is 263 g/mol. The van der Waals surface area contributed by atoms with Crippen molar-refractivity contribution in [3.05, 3.63) is 35.9 Å². The summed E-state index contributed by atoms with van der Waals surface area (Å²) in [6.45, 7) is 4.34. The number of esters is 1. The van der Waals surface area contributed by atoms with Crippen LogP contribution in [-0.4, -0.2) is 37.0 Å². The average molecular weight is 263 g/mol. The Bertz CT molecular complexity index is 417. The summed E-state index contributed by atoms with van der Waals surface area (Å²) >= 11 is 0. The summed E-state index contributed by atoms with van der Waals surface area (Å²) in [5.74, 6) is -0.620. The van der Waals surface area contributed by atoms with Crippen LogP contribution in [-0.2, 0) is 14.3 Å². The lowest BCUT2D eigenvalue weighted by Crippen LogP contribution is -2.39. The highest BCUT2D eigenvalue weighted by atomic mass is 16.5. The van der Waals surface area contributed by atoms with Gasteiger partial charge in [-0.15, -0.1) is 0 Å². The summed E-state index contributed by atoms with van der Waals surface area (Å²) in [5, 5.41) is 0. The van der Waals surface area contributed by atoms with Crippen LogP contribution in [0.2, 0.25) is 0 Å². The van der Waals surface area contributed by atoms with E-state index in [1.165, 1.54) is 12.0 Å². The van der Waals surface area contributed by atoms with E-state index < -0.39 is 5.97 Å². The van der Waals surface area contributed by atoms with Crippen molar-refractivity contribution in [2.75, 3.05) is 20.2 Å². The number of rotatable bonds is 6. The number of hydrogen-bond acceptors (Lipinski definition) is 3. The fraction of sp³-hybridized carbons (Fsp3) is 0.467. The van der Waals surface area contributed by atoms with Crippen LogP contribution in [0, 0.1) is 0 Å². The Kier molecular flexibility index (Phi) is 6.06. The first kappa shape index (κ1) is 15.2. The maximum atomic E-state index is 12.5. The molecule has 0 heterocycles. The van der Waals surface area contributed by atoms with Gasteiger partial charge in [-0.25, -0.2) is 0 Å².